The highest BCUT2D eigenvalue weighted by Gasteiger charge is 2.22. The first kappa shape index (κ1) is 13.8. The lowest BCUT2D eigenvalue weighted by Gasteiger charge is -2.22. The molecule has 17 heavy (non-hydrogen) atoms. The number of likely N-dealkylation sites (N-methyl/N-ethyl adjacent to an activating group) is 1. The van der Waals surface area contributed by atoms with Crippen LogP contribution in [0, 0.1) is 11.2 Å². The van der Waals surface area contributed by atoms with Gasteiger partial charge in [0.25, 0.3) is 0 Å². The SMILES string of the molecule is CN(CC(=O)C(C)(C)C)Cc1cccc(F)c1. The van der Waals surface area contributed by atoms with Crippen LogP contribution in [0.25, 0.3) is 0 Å². The number of carbonyl (C=O) groups is 1. The fourth-order valence-electron chi connectivity index (χ4n) is 1.49. The third-order valence-corrected chi connectivity index (χ3v) is 2.59. The van der Waals surface area contributed by atoms with Gasteiger partial charge < -0.3 is 0 Å². The Balaban J connectivity index is 2.56. The van der Waals surface area contributed by atoms with E-state index in [0.29, 0.717) is 13.1 Å². The van der Waals surface area contributed by atoms with Crippen LogP contribution in [0.5, 0.6) is 0 Å². The lowest BCUT2D eigenvalue weighted by molar-refractivity contribution is -0.127. The Morgan fingerprint density at radius 2 is 2.00 bits per heavy atom. The second kappa shape index (κ2) is 5.41. The van der Waals surface area contributed by atoms with Crippen LogP contribution in [0.1, 0.15) is 26.3 Å². The van der Waals surface area contributed by atoms with Crippen molar-refractivity contribution >= 4 is 5.78 Å². The zero-order valence-corrected chi connectivity index (χ0v) is 11.0. The van der Waals surface area contributed by atoms with E-state index in [0.717, 1.165) is 5.56 Å². The number of rotatable bonds is 4. The summed E-state index contributed by atoms with van der Waals surface area (Å²) >= 11 is 0. The maximum Gasteiger partial charge on any atom is 0.152 e. The molecule has 1 rings (SSSR count). The number of halogens is 1. The van der Waals surface area contributed by atoms with E-state index < -0.39 is 0 Å². The largest absolute Gasteiger partial charge is 0.298 e. The van der Waals surface area contributed by atoms with Crippen molar-refractivity contribution in [2.75, 3.05) is 13.6 Å². The summed E-state index contributed by atoms with van der Waals surface area (Å²) in [4.78, 5) is 13.7. The number of ketones is 1. The van der Waals surface area contributed by atoms with Gasteiger partial charge in [-0.3, -0.25) is 9.69 Å². The van der Waals surface area contributed by atoms with Crippen LogP contribution in [0.2, 0.25) is 0 Å². The topological polar surface area (TPSA) is 20.3 Å². The molecule has 2 nitrogen and oxygen atoms in total. The van der Waals surface area contributed by atoms with Gasteiger partial charge >= 0.3 is 0 Å². The molecular formula is C14H20FNO. The van der Waals surface area contributed by atoms with E-state index in [4.69, 9.17) is 0 Å². The molecule has 0 saturated heterocycles. The van der Waals surface area contributed by atoms with Crippen molar-refractivity contribution in [3.8, 4) is 0 Å². The number of carbonyl (C=O) groups excluding carboxylic acids is 1. The molecule has 0 unspecified atom stereocenters. The van der Waals surface area contributed by atoms with Gasteiger partial charge in [0.15, 0.2) is 5.78 Å². The molecule has 0 aliphatic heterocycles. The average molecular weight is 237 g/mol. The van der Waals surface area contributed by atoms with Gasteiger partial charge in [0.05, 0.1) is 6.54 Å². The van der Waals surface area contributed by atoms with Gasteiger partial charge in [-0.05, 0) is 24.7 Å². The molecule has 1 aromatic carbocycles. The lowest BCUT2D eigenvalue weighted by Crippen LogP contribution is -2.33. The lowest BCUT2D eigenvalue weighted by atomic mass is 9.90. The molecule has 0 saturated carbocycles. The molecule has 0 spiro atoms. The first-order valence-electron chi connectivity index (χ1n) is 5.75. The molecule has 0 N–H and O–H groups in total. The van der Waals surface area contributed by atoms with Gasteiger partial charge in [-0.15, -0.1) is 0 Å². The summed E-state index contributed by atoms with van der Waals surface area (Å²) in [5, 5.41) is 0. The van der Waals surface area contributed by atoms with Crippen molar-refractivity contribution in [2.24, 2.45) is 5.41 Å². The van der Waals surface area contributed by atoms with E-state index in [1.165, 1.54) is 12.1 Å². The Hall–Kier alpha value is -1.22. The number of hydrogen-bond acceptors (Lipinski definition) is 2. The van der Waals surface area contributed by atoms with Crippen molar-refractivity contribution in [1.29, 1.82) is 0 Å². The minimum absolute atomic E-state index is 0.191. The van der Waals surface area contributed by atoms with E-state index >= 15 is 0 Å². The van der Waals surface area contributed by atoms with E-state index in [1.807, 2.05) is 38.8 Å². The molecule has 0 heterocycles. The average Bonchev–Trinajstić information content (AvgIpc) is 2.15. The molecule has 0 amide bonds. The first-order valence-corrected chi connectivity index (χ1v) is 5.75. The predicted molar refractivity (Wildman–Crippen MR) is 67.2 cm³/mol. The Bertz CT molecular complexity index is 395. The minimum Gasteiger partial charge on any atom is -0.298 e. The third kappa shape index (κ3) is 4.65. The second-order valence-electron chi connectivity index (χ2n) is 5.48. The van der Waals surface area contributed by atoms with Crippen molar-refractivity contribution in [2.45, 2.75) is 27.3 Å². The smallest absolute Gasteiger partial charge is 0.152 e. The van der Waals surface area contributed by atoms with E-state index in [1.54, 1.807) is 6.07 Å². The summed E-state index contributed by atoms with van der Waals surface area (Å²) in [7, 11) is 1.87. The Labute approximate surface area is 102 Å². The van der Waals surface area contributed by atoms with E-state index in [-0.39, 0.29) is 17.0 Å². The fourth-order valence-corrected chi connectivity index (χ4v) is 1.49. The molecule has 0 atom stereocenters. The molecule has 0 aliphatic rings. The zero-order chi connectivity index (χ0) is 13.1. The summed E-state index contributed by atoms with van der Waals surface area (Å²) in [5.74, 6) is -0.0468. The molecule has 0 aromatic heterocycles. The highest BCUT2D eigenvalue weighted by Crippen LogP contribution is 2.15. The van der Waals surface area contributed by atoms with Crippen molar-refractivity contribution < 1.29 is 9.18 Å². The number of Topliss-reactive ketones (excluding diaryl/α,β-unsaturated/α-hetero) is 1. The van der Waals surface area contributed by atoms with Crippen molar-refractivity contribution in [3.05, 3.63) is 35.6 Å². The Kier molecular flexibility index (Phi) is 4.40. The Morgan fingerprint density at radius 3 is 2.53 bits per heavy atom. The van der Waals surface area contributed by atoms with Crippen molar-refractivity contribution in [3.63, 3.8) is 0 Å². The van der Waals surface area contributed by atoms with Crippen LogP contribution in [0.4, 0.5) is 4.39 Å². The monoisotopic (exact) mass is 237 g/mol. The molecule has 0 bridgehead atoms. The summed E-state index contributed by atoms with van der Waals surface area (Å²) in [6.45, 7) is 6.70. The molecule has 0 radical (unpaired) electrons. The second-order valence-corrected chi connectivity index (χ2v) is 5.48. The van der Waals surface area contributed by atoms with Crippen LogP contribution >= 0.6 is 0 Å². The predicted octanol–water partition coefficient (Wildman–Crippen LogP) is 2.87. The maximum absolute atomic E-state index is 13.0. The highest BCUT2D eigenvalue weighted by atomic mass is 19.1. The van der Waals surface area contributed by atoms with Crippen LogP contribution in [-0.4, -0.2) is 24.3 Å². The fraction of sp³-hybridized carbons (Fsp3) is 0.500. The minimum atomic E-state index is -0.323. The quantitative estimate of drug-likeness (QED) is 0.802. The van der Waals surface area contributed by atoms with Gasteiger partial charge in [-0.2, -0.15) is 0 Å². The van der Waals surface area contributed by atoms with Gasteiger partial charge in [-0.1, -0.05) is 32.9 Å². The van der Waals surface area contributed by atoms with E-state index in [9.17, 15) is 9.18 Å². The third-order valence-electron chi connectivity index (χ3n) is 2.59. The van der Waals surface area contributed by atoms with Crippen LogP contribution in [0.15, 0.2) is 24.3 Å². The summed E-state index contributed by atoms with van der Waals surface area (Å²) < 4.78 is 13.0. The van der Waals surface area contributed by atoms with Gasteiger partial charge in [-0.25, -0.2) is 4.39 Å². The molecular weight excluding hydrogens is 217 g/mol. The normalized spacial score (nSPS) is 11.9. The number of nitrogens with zero attached hydrogens (tertiary/aromatic N) is 1. The summed E-state index contributed by atoms with van der Waals surface area (Å²) in [5.41, 5.74) is 0.560. The molecule has 94 valence electrons. The first-order chi connectivity index (χ1) is 7.79. The summed E-state index contributed by atoms with van der Waals surface area (Å²) in [6.07, 6.45) is 0. The zero-order valence-electron chi connectivity index (χ0n) is 11.0. The number of hydrogen-bond donors (Lipinski definition) is 0. The molecule has 3 heteroatoms. The maximum atomic E-state index is 13.0. The highest BCUT2D eigenvalue weighted by molar-refractivity contribution is 5.85. The van der Waals surface area contributed by atoms with Crippen LogP contribution in [-0.2, 0) is 11.3 Å². The van der Waals surface area contributed by atoms with Crippen LogP contribution in [0.3, 0.4) is 0 Å². The standard InChI is InChI=1S/C14H20FNO/c1-14(2,3)13(17)10-16(4)9-11-6-5-7-12(15)8-11/h5-8H,9-10H2,1-4H3. The molecule has 0 aliphatic carbocycles. The Morgan fingerprint density at radius 1 is 1.35 bits per heavy atom. The molecule has 1 aromatic rings. The van der Waals surface area contributed by atoms with Crippen molar-refractivity contribution in [1.82, 2.24) is 4.90 Å². The van der Waals surface area contributed by atoms with E-state index in [2.05, 4.69) is 0 Å². The number of benzene rings is 1. The van der Waals surface area contributed by atoms with Gasteiger partial charge in [0, 0.05) is 12.0 Å². The molecule has 0 fully saturated rings. The van der Waals surface area contributed by atoms with Gasteiger partial charge in [0.1, 0.15) is 5.82 Å². The van der Waals surface area contributed by atoms with Gasteiger partial charge in [0.2, 0.25) is 0 Å². The van der Waals surface area contributed by atoms with Crippen LogP contribution < -0.4 is 0 Å². The summed E-state index contributed by atoms with van der Waals surface area (Å²) in [6, 6.07) is 6.47.